The summed E-state index contributed by atoms with van der Waals surface area (Å²) in [5.41, 5.74) is 2.64. The number of thiocarbonyl (C=S) groups is 1. The van der Waals surface area contributed by atoms with Gasteiger partial charge in [0.15, 0.2) is 5.11 Å². The largest absolute Gasteiger partial charge is 0.332 e. The first-order chi connectivity index (χ1) is 10.5. The minimum absolute atomic E-state index is 0.222. The molecule has 112 valence electrons. The number of carbonyl (C=O) groups excluding carboxylic acids is 1. The normalized spacial score (nSPS) is 10.5. The van der Waals surface area contributed by atoms with Gasteiger partial charge in [0.1, 0.15) is 5.82 Å². The fourth-order valence-corrected chi connectivity index (χ4v) is 2.00. The van der Waals surface area contributed by atoms with Crippen molar-refractivity contribution in [3.63, 3.8) is 0 Å². The highest BCUT2D eigenvalue weighted by Crippen LogP contribution is 2.09. The SMILES string of the molecule is Cc1cccc(NC(=S)NC(=O)C=Cc2ccc(F)cc2)c1. The van der Waals surface area contributed by atoms with Gasteiger partial charge in [-0.2, -0.15) is 0 Å². The van der Waals surface area contributed by atoms with Gasteiger partial charge < -0.3 is 5.32 Å². The molecular weight excluding hydrogens is 299 g/mol. The zero-order chi connectivity index (χ0) is 15.9. The molecule has 1 amide bonds. The molecule has 0 bridgehead atoms. The van der Waals surface area contributed by atoms with E-state index in [0.717, 1.165) is 16.8 Å². The highest BCUT2D eigenvalue weighted by molar-refractivity contribution is 7.80. The van der Waals surface area contributed by atoms with E-state index in [4.69, 9.17) is 12.2 Å². The Hall–Kier alpha value is -2.53. The smallest absolute Gasteiger partial charge is 0.250 e. The summed E-state index contributed by atoms with van der Waals surface area (Å²) in [4.78, 5) is 11.8. The standard InChI is InChI=1S/C17H15FN2OS/c1-12-3-2-4-15(11-12)19-17(22)20-16(21)10-7-13-5-8-14(18)9-6-13/h2-11H,1H3,(H2,19,20,21,22). The molecular formula is C17H15FN2OS. The second-order valence-electron chi connectivity index (χ2n) is 4.70. The summed E-state index contributed by atoms with van der Waals surface area (Å²) in [5, 5.41) is 5.71. The highest BCUT2D eigenvalue weighted by atomic mass is 32.1. The van der Waals surface area contributed by atoms with Crippen LogP contribution in [0.25, 0.3) is 6.08 Å². The minimum atomic E-state index is -0.352. The molecule has 0 atom stereocenters. The Labute approximate surface area is 133 Å². The molecule has 2 aromatic rings. The Morgan fingerprint density at radius 2 is 1.91 bits per heavy atom. The van der Waals surface area contributed by atoms with E-state index in [-0.39, 0.29) is 16.8 Å². The molecule has 0 aromatic heterocycles. The van der Waals surface area contributed by atoms with Gasteiger partial charge >= 0.3 is 0 Å². The van der Waals surface area contributed by atoms with E-state index in [1.807, 2.05) is 31.2 Å². The molecule has 0 fully saturated rings. The van der Waals surface area contributed by atoms with Gasteiger partial charge in [0, 0.05) is 11.8 Å². The Kier molecular flexibility index (Phi) is 5.38. The lowest BCUT2D eigenvalue weighted by Crippen LogP contribution is -2.32. The van der Waals surface area contributed by atoms with Crippen LogP contribution >= 0.6 is 12.2 Å². The van der Waals surface area contributed by atoms with Gasteiger partial charge in [-0.25, -0.2) is 4.39 Å². The number of benzene rings is 2. The van der Waals surface area contributed by atoms with Crippen molar-refractivity contribution in [1.29, 1.82) is 0 Å². The van der Waals surface area contributed by atoms with Crippen molar-refractivity contribution in [3.8, 4) is 0 Å². The van der Waals surface area contributed by atoms with E-state index in [2.05, 4.69) is 10.6 Å². The predicted octanol–water partition coefficient (Wildman–Crippen LogP) is 3.66. The topological polar surface area (TPSA) is 41.1 Å². The van der Waals surface area contributed by atoms with Crippen molar-refractivity contribution >= 4 is 35.0 Å². The maximum atomic E-state index is 12.8. The quantitative estimate of drug-likeness (QED) is 0.671. The lowest BCUT2D eigenvalue weighted by atomic mass is 10.2. The summed E-state index contributed by atoms with van der Waals surface area (Å²) in [6.07, 6.45) is 2.93. The van der Waals surface area contributed by atoms with Crippen LogP contribution in [-0.2, 0) is 4.79 Å². The van der Waals surface area contributed by atoms with E-state index in [1.165, 1.54) is 18.2 Å². The number of hydrogen-bond acceptors (Lipinski definition) is 2. The van der Waals surface area contributed by atoms with Crippen LogP contribution in [0.1, 0.15) is 11.1 Å². The van der Waals surface area contributed by atoms with Crippen molar-refractivity contribution in [2.45, 2.75) is 6.92 Å². The molecule has 3 nitrogen and oxygen atoms in total. The monoisotopic (exact) mass is 314 g/mol. The Bertz CT molecular complexity index is 711. The number of halogens is 1. The molecule has 0 spiro atoms. The van der Waals surface area contributed by atoms with Crippen LogP contribution < -0.4 is 10.6 Å². The Balaban J connectivity index is 1.88. The van der Waals surface area contributed by atoms with Crippen LogP contribution in [-0.4, -0.2) is 11.0 Å². The Morgan fingerprint density at radius 1 is 1.18 bits per heavy atom. The summed E-state index contributed by atoms with van der Waals surface area (Å²) in [6, 6.07) is 13.5. The van der Waals surface area contributed by atoms with Crippen LogP contribution in [0.2, 0.25) is 0 Å². The zero-order valence-electron chi connectivity index (χ0n) is 12.0. The van der Waals surface area contributed by atoms with E-state index < -0.39 is 0 Å². The summed E-state index contributed by atoms with van der Waals surface area (Å²) >= 11 is 5.08. The molecule has 2 N–H and O–H groups in total. The molecule has 0 unspecified atom stereocenters. The summed E-state index contributed by atoms with van der Waals surface area (Å²) in [5.74, 6) is -0.667. The van der Waals surface area contributed by atoms with E-state index in [9.17, 15) is 9.18 Å². The van der Waals surface area contributed by atoms with Crippen LogP contribution in [0.4, 0.5) is 10.1 Å². The number of amides is 1. The van der Waals surface area contributed by atoms with Gasteiger partial charge in [-0.3, -0.25) is 10.1 Å². The lowest BCUT2D eigenvalue weighted by molar-refractivity contribution is -0.115. The summed E-state index contributed by atoms with van der Waals surface area (Å²) in [7, 11) is 0. The predicted molar refractivity (Wildman–Crippen MR) is 91.0 cm³/mol. The molecule has 0 saturated carbocycles. The number of aryl methyl sites for hydroxylation is 1. The zero-order valence-corrected chi connectivity index (χ0v) is 12.8. The van der Waals surface area contributed by atoms with Gasteiger partial charge in [0.05, 0.1) is 0 Å². The van der Waals surface area contributed by atoms with Crippen LogP contribution in [0, 0.1) is 12.7 Å². The van der Waals surface area contributed by atoms with Gasteiger partial charge in [-0.05, 0) is 60.6 Å². The third kappa shape index (κ3) is 5.10. The third-order valence-electron chi connectivity index (χ3n) is 2.81. The van der Waals surface area contributed by atoms with Crippen molar-refractivity contribution in [3.05, 3.63) is 71.6 Å². The van der Waals surface area contributed by atoms with E-state index >= 15 is 0 Å². The second-order valence-corrected chi connectivity index (χ2v) is 5.11. The van der Waals surface area contributed by atoms with Gasteiger partial charge in [0.2, 0.25) is 5.91 Å². The van der Waals surface area contributed by atoms with Gasteiger partial charge in [-0.15, -0.1) is 0 Å². The van der Waals surface area contributed by atoms with E-state index in [1.54, 1.807) is 18.2 Å². The number of nitrogens with one attached hydrogen (secondary N) is 2. The van der Waals surface area contributed by atoms with Crippen LogP contribution in [0.3, 0.4) is 0 Å². The molecule has 0 aliphatic carbocycles. The van der Waals surface area contributed by atoms with Gasteiger partial charge in [-0.1, -0.05) is 24.3 Å². The third-order valence-corrected chi connectivity index (χ3v) is 3.01. The minimum Gasteiger partial charge on any atom is -0.332 e. The molecule has 0 radical (unpaired) electrons. The summed E-state index contributed by atoms with van der Waals surface area (Å²) in [6.45, 7) is 1.97. The molecule has 5 heteroatoms. The molecule has 0 saturated heterocycles. The van der Waals surface area contributed by atoms with Crippen molar-refractivity contribution in [1.82, 2.24) is 5.32 Å². The maximum absolute atomic E-state index is 12.8. The van der Waals surface area contributed by atoms with Gasteiger partial charge in [0.25, 0.3) is 0 Å². The highest BCUT2D eigenvalue weighted by Gasteiger charge is 2.01. The number of anilines is 1. The van der Waals surface area contributed by atoms with Crippen LogP contribution in [0.15, 0.2) is 54.6 Å². The first kappa shape index (κ1) is 15.9. The molecule has 0 aliphatic heterocycles. The summed E-state index contributed by atoms with van der Waals surface area (Å²) < 4.78 is 12.8. The van der Waals surface area contributed by atoms with Crippen LogP contribution in [0.5, 0.6) is 0 Å². The molecule has 0 aliphatic rings. The van der Waals surface area contributed by atoms with Crippen molar-refractivity contribution in [2.24, 2.45) is 0 Å². The Morgan fingerprint density at radius 3 is 2.59 bits per heavy atom. The van der Waals surface area contributed by atoms with Crippen molar-refractivity contribution in [2.75, 3.05) is 5.32 Å². The average molecular weight is 314 g/mol. The molecule has 2 rings (SSSR count). The molecule has 2 aromatic carbocycles. The second kappa shape index (κ2) is 7.47. The number of rotatable bonds is 3. The fraction of sp³-hybridized carbons (Fsp3) is 0.0588. The maximum Gasteiger partial charge on any atom is 0.250 e. The fourth-order valence-electron chi connectivity index (χ4n) is 1.78. The number of hydrogen-bond donors (Lipinski definition) is 2. The average Bonchev–Trinajstić information content (AvgIpc) is 2.46. The molecule has 22 heavy (non-hydrogen) atoms. The number of carbonyl (C=O) groups is 1. The molecule has 0 heterocycles. The first-order valence-corrected chi connectivity index (χ1v) is 7.06. The van der Waals surface area contributed by atoms with Crippen molar-refractivity contribution < 1.29 is 9.18 Å². The first-order valence-electron chi connectivity index (χ1n) is 6.65. The lowest BCUT2D eigenvalue weighted by Gasteiger charge is -2.08. The van der Waals surface area contributed by atoms with E-state index in [0.29, 0.717) is 0 Å².